The molecule has 0 bridgehead atoms. The molecule has 0 heterocycles. The number of carbonyl (C=O) groups excluding carboxylic acids is 2. The molecule has 0 aliphatic rings. The number of Topliss-reactive ketones (excluding diaryl/α,β-unsaturated/α-hetero) is 1. The highest BCUT2D eigenvalue weighted by Crippen LogP contribution is 2.17. The Hall–Kier alpha value is -1.84. The summed E-state index contributed by atoms with van der Waals surface area (Å²) in [4.78, 5) is 41.0. The Morgan fingerprint density at radius 3 is 1.57 bits per heavy atom. The van der Waals surface area contributed by atoms with E-state index in [1.54, 1.807) is 0 Å². The first-order valence-electron chi connectivity index (χ1n) is 5.76. The highest BCUT2D eigenvalue weighted by molar-refractivity contribution is 6.34. The molecule has 0 aromatic heterocycles. The van der Waals surface area contributed by atoms with Gasteiger partial charge < -0.3 is 30.3 Å². The van der Waals surface area contributed by atoms with Crippen LogP contribution in [0.25, 0.3) is 0 Å². The number of aliphatic carboxylic acids is 2. The second kappa shape index (κ2) is 8.45. The van der Waals surface area contributed by atoms with Gasteiger partial charge in [0, 0.05) is 0 Å². The van der Waals surface area contributed by atoms with Gasteiger partial charge in [0.15, 0.2) is 6.10 Å². The molecule has 0 spiro atoms. The van der Waals surface area contributed by atoms with Crippen LogP contribution in [0.15, 0.2) is 0 Å². The predicted octanol–water partition coefficient (Wildman–Crippen LogP) is -1.71. The number of hydrogen-bond acceptors (Lipinski definition) is 7. The third-order valence-electron chi connectivity index (χ3n) is 2.67. The Labute approximate surface area is 120 Å². The summed E-state index contributed by atoms with van der Waals surface area (Å²) in [6.07, 6.45) is -1.63. The van der Waals surface area contributed by atoms with Gasteiger partial charge in [-0.1, -0.05) is 13.8 Å². The van der Waals surface area contributed by atoms with E-state index in [0.717, 1.165) is 0 Å². The van der Waals surface area contributed by atoms with Gasteiger partial charge in [0.25, 0.3) is 0 Å². The predicted molar refractivity (Wildman–Crippen MR) is 68.4 cm³/mol. The molecule has 122 valence electrons. The molecule has 0 aliphatic heterocycles. The van der Waals surface area contributed by atoms with Gasteiger partial charge in [-0.05, 0) is 6.92 Å². The minimum Gasteiger partial charge on any atom is -0.479 e. The fourth-order valence-corrected chi connectivity index (χ4v) is 0.832. The van der Waals surface area contributed by atoms with Crippen LogP contribution in [0, 0.1) is 10.8 Å². The normalized spacial score (nSPS) is 15.0. The van der Waals surface area contributed by atoms with Crippen LogP contribution < -0.4 is 0 Å². The van der Waals surface area contributed by atoms with Crippen molar-refractivity contribution in [1.82, 2.24) is 0 Å². The summed E-state index contributed by atoms with van der Waals surface area (Å²) in [7, 11) is 0. The zero-order chi connectivity index (χ0) is 17.4. The van der Waals surface area contributed by atoms with Crippen molar-refractivity contribution >= 4 is 24.0 Å². The van der Waals surface area contributed by atoms with Crippen molar-refractivity contribution < 1.29 is 44.7 Å². The first-order valence-corrected chi connectivity index (χ1v) is 5.76. The van der Waals surface area contributed by atoms with Crippen LogP contribution in [-0.2, 0) is 19.2 Å². The molecule has 0 fully saturated rings. The minimum atomic E-state index is -1.86. The third kappa shape index (κ3) is 6.43. The van der Waals surface area contributed by atoms with Gasteiger partial charge in [0.2, 0.25) is 5.78 Å². The van der Waals surface area contributed by atoms with Crippen LogP contribution in [0.1, 0.15) is 20.8 Å². The Morgan fingerprint density at radius 1 is 1.05 bits per heavy atom. The van der Waals surface area contributed by atoms with Crippen LogP contribution in [-0.4, -0.2) is 68.9 Å². The molecule has 1 unspecified atom stereocenters. The number of aliphatic hydroxyl groups is 3. The number of carboxylic acid groups (broad SMARTS) is 2. The van der Waals surface area contributed by atoms with Crippen LogP contribution in [0.3, 0.4) is 0 Å². The molecule has 9 nitrogen and oxygen atoms in total. The number of aliphatic hydroxyl groups excluding tert-OH is 3. The molecule has 2 atom stereocenters. The number of carboxylic acids is 2. The van der Waals surface area contributed by atoms with Gasteiger partial charge in [0.05, 0.1) is 24.0 Å². The van der Waals surface area contributed by atoms with Crippen molar-refractivity contribution in [2.45, 2.75) is 26.9 Å². The van der Waals surface area contributed by atoms with Crippen molar-refractivity contribution in [1.29, 1.82) is 0 Å². The Bertz CT molecular complexity index is 402. The first-order chi connectivity index (χ1) is 9.39. The lowest BCUT2D eigenvalue weighted by Crippen LogP contribution is -2.42. The minimum absolute atomic E-state index is 0.228. The highest BCUT2D eigenvalue weighted by atomic mass is 16.4. The average Bonchev–Trinajstić information content (AvgIpc) is 2.44. The van der Waals surface area contributed by atoms with E-state index in [2.05, 4.69) is 0 Å². The molecule has 0 aromatic carbocycles. The molecule has 0 aromatic rings. The van der Waals surface area contributed by atoms with E-state index in [1.165, 1.54) is 20.8 Å². The second-order valence-electron chi connectivity index (χ2n) is 5.20. The van der Waals surface area contributed by atoms with Gasteiger partial charge in [-0.15, -0.1) is 0 Å². The second-order valence-corrected chi connectivity index (χ2v) is 5.20. The Morgan fingerprint density at radius 2 is 1.48 bits per heavy atom. The summed E-state index contributed by atoms with van der Waals surface area (Å²) >= 11 is 0. The molecule has 0 aliphatic carbocycles. The number of ketones is 1. The molecule has 0 saturated heterocycles. The molecule has 0 radical (unpaired) electrons. The molecule has 9 heteroatoms. The zero-order valence-electron chi connectivity index (χ0n) is 11.9. The van der Waals surface area contributed by atoms with Crippen LogP contribution in [0.5, 0.6) is 0 Å². The van der Waals surface area contributed by atoms with Crippen molar-refractivity contribution in [3.8, 4) is 0 Å². The van der Waals surface area contributed by atoms with E-state index >= 15 is 0 Å². The number of carbonyl (C=O) groups is 4. The fraction of sp³-hybridized carbons (Fsp3) is 0.667. The largest absolute Gasteiger partial charge is 0.479 e. The van der Waals surface area contributed by atoms with E-state index in [0.29, 0.717) is 0 Å². The van der Waals surface area contributed by atoms with Crippen LogP contribution >= 0.6 is 0 Å². The monoisotopic (exact) mass is 308 g/mol. The van der Waals surface area contributed by atoms with Gasteiger partial charge in [0.1, 0.15) is 6.29 Å². The van der Waals surface area contributed by atoms with Gasteiger partial charge in [-0.25, -0.2) is 9.59 Å². The molecular weight excluding hydrogens is 288 g/mol. The first kappa shape index (κ1) is 21.5. The zero-order valence-corrected chi connectivity index (χ0v) is 11.9. The summed E-state index contributed by atoms with van der Waals surface area (Å²) in [5, 5.41) is 42.4. The fourth-order valence-electron chi connectivity index (χ4n) is 0.832. The van der Waals surface area contributed by atoms with Gasteiger partial charge in [-0.2, -0.15) is 0 Å². The summed E-state index contributed by atoms with van der Waals surface area (Å²) in [5.41, 5.74) is -2.77. The van der Waals surface area contributed by atoms with E-state index in [-0.39, 0.29) is 6.29 Å². The lowest BCUT2D eigenvalue weighted by atomic mass is 9.87. The lowest BCUT2D eigenvalue weighted by molar-refractivity contribution is -0.158. The van der Waals surface area contributed by atoms with Gasteiger partial charge >= 0.3 is 11.9 Å². The average molecular weight is 308 g/mol. The summed E-state index contributed by atoms with van der Waals surface area (Å²) in [6, 6.07) is 0. The number of hydrogen-bond donors (Lipinski definition) is 5. The van der Waals surface area contributed by atoms with Gasteiger partial charge in [-0.3, -0.25) is 4.79 Å². The number of aldehydes is 1. The van der Waals surface area contributed by atoms with Crippen molar-refractivity contribution in [2.24, 2.45) is 10.8 Å². The van der Waals surface area contributed by atoms with Crippen LogP contribution in [0.4, 0.5) is 0 Å². The highest BCUT2D eigenvalue weighted by Gasteiger charge is 2.37. The van der Waals surface area contributed by atoms with E-state index in [1.807, 2.05) is 0 Å². The molecule has 21 heavy (non-hydrogen) atoms. The molecule has 0 rings (SSSR count). The topological polar surface area (TPSA) is 169 Å². The standard InChI is InChI=1S/C6H10O5.C6H10O4/c1-6(2-7,3-8)4(9)5(10)11;1-6(2,3-7)4(8)5(9)10/h2,4,8-9H,3H2,1H3,(H,10,11);7H,3H2,1-2H3,(H,9,10)/t4-,6?;/m0./s1. The summed E-state index contributed by atoms with van der Waals surface area (Å²) in [6.45, 7) is 2.79. The number of rotatable bonds is 7. The smallest absolute Gasteiger partial charge is 0.372 e. The van der Waals surface area contributed by atoms with Crippen molar-refractivity contribution in [3.05, 3.63) is 0 Å². The third-order valence-corrected chi connectivity index (χ3v) is 2.67. The SMILES string of the molecule is CC(C)(CO)C(=O)C(=O)O.CC(C=O)(CO)[C@@H](O)C(=O)O. The van der Waals surface area contributed by atoms with E-state index < -0.39 is 47.9 Å². The maximum absolute atomic E-state index is 10.6. The lowest BCUT2D eigenvalue weighted by Gasteiger charge is -2.22. The molecule has 0 saturated carbocycles. The molecular formula is C12H20O9. The van der Waals surface area contributed by atoms with Crippen molar-refractivity contribution in [3.63, 3.8) is 0 Å². The quantitative estimate of drug-likeness (QED) is 0.271. The molecule has 5 N–H and O–H groups in total. The Balaban J connectivity index is 0. The van der Waals surface area contributed by atoms with Crippen LogP contribution in [0.2, 0.25) is 0 Å². The Kier molecular flexibility index (Phi) is 8.63. The summed E-state index contributed by atoms with van der Waals surface area (Å²) < 4.78 is 0. The van der Waals surface area contributed by atoms with Crippen molar-refractivity contribution in [2.75, 3.05) is 13.2 Å². The summed E-state index contributed by atoms with van der Waals surface area (Å²) in [5.74, 6) is -3.98. The maximum atomic E-state index is 10.6. The van der Waals surface area contributed by atoms with E-state index in [9.17, 15) is 19.2 Å². The molecule has 0 amide bonds. The maximum Gasteiger partial charge on any atom is 0.372 e. The van der Waals surface area contributed by atoms with E-state index in [4.69, 9.17) is 25.5 Å².